The Kier molecular flexibility index (Phi) is 3.74. The van der Waals surface area contributed by atoms with Gasteiger partial charge in [-0.05, 0) is 0 Å². The van der Waals surface area contributed by atoms with Gasteiger partial charge < -0.3 is 9.63 Å². The minimum Gasteiger partial charge on any atom is -0.394 e. The van der Waals surface area contributed by atoms with E-state index in [2.05, 4.69) is 19.8 Å². The van der Waals surface area contributed by atoms with Crippen molar-refractivity contribution in [3.63, 3.8) is 0 Å². The third-order valence-electron chi connectivity index (χ3n) is 1.04. The molecule has 0 atom stereocenters. The second kappa shape index (κ2) is 5.12. The molecule has 0 fully saturated rings. The maximum Gasteiger partial charge on any atom is 0.344 e. The Bertz CT molecular complexity index is 248. The zero-order chi connectivity index (χ0) is 9.52. The van der Waals surface area contributed by atoms with Gasteiger partial charge in [-0.2, -0.15) is 0 Å². The second-order valence-corrected chi connectivity index (χ2v) is 2.01. The normalized spacial score (nSPS) is 9.62. The van der Waals surface area contributed by atoms with Crippen LogP contribution in [0.15, 0.2) is 16.9 Å². The Balaban J connectivity index is 2.18. The number of carbonyl (C=O) groups excluding carboxylic acids is 1. The zero-order valence-electron chi connectivity index (χ0n) is 6.69. The average Bonchev–Trinajstić information content (AvgIpc) is 2.57. The summed E-state index contributed by atoms with van der Waals surface area (Å²) in [7, 11) is 0. The average molecular weight is 187 g/mol. The summed E-state index contributed by atoms with van der Waals surface area (Å²) in [5, 5.41) is 14.1. The molecule has 0 saturated carbocycles. The molecule has 0 saturated heterocycles. The van der Waals surface area contributed by atoms with E-state index in [1.54, 1.807) is 0 Å². The third-order valence-corrected chi connectivity index (χ3v) is 1.04. The highest BCUT2D eigenvalue weighted by Gasteiger charge is 2.02. The van der Waals surface area contributed by atoms with Crippen LogP contribution in [0, 0.1) is 0 Å². The first kappa shape index (κ1) is 9.49. The summed E-state index contributed by atoms with van der Waals surface area (Å²) < 4.78 is 4.47. The van der Waals surface area contributed by atoms with Crippen molar-refractivity contribution in [2.75, 3.05) is 18.5 Å². The fourth-order valence-electron chi connectivity index (χ4n) is 0.581. The van der Waals surface area contributed by atoms with Gasteiger partial charge in [-0.25, -0.2) is 10.3 Å². The second-order valence-electron chi connectivity index (χ2n) is 2.01. The Morgan fingerprint density at radius 2 is 2.62 bits per heavy atom. The molecule has 13 heavy (non-hydrogen) atoms. The molecule has 1 heterocycles. The number of nitrogens with one attached hydrogen (secondary N) is 2. The van der Waals surface area contributed by atoms with Gasteiger partial charge in [0, 0.05) is 6.07 Å². The zero-order valence-corrected chi connectivity index (χ0v) is 6.69. The van der Waals surface area contributed by atoms with Crippen LogP contribution in [0.1, 0.15) is 0 Å². The number of hydroxylamine groups is 1. The van der Waals surface area contributed by atoms with Gasteiger partial charge in [-0.3, -0.25) is 10.2 Å². The van der Waals surface area contributed by atoms with Crippen molar-refractivity contribution in [2.45, 2.75) is 0 Å². The topological polar surface area (TPSA) is 96.6 Å². The minimum absolute atomic E-state index is 0.0340. The first-order chi connectivity index (χ1) is 6.33. The highest BCUT2D eigenvalue weighted by atomic mass is 16.7. The van der Waals surface area contributed by atoms with Crippen molar-refractivity contribution in [1.29, 1.82) is 0 Å². The van der Waals surface area contributed by atoms with Gasteiger partial charge in [0.1, 0.15) is 6.26 Å². The Morgan fingerprint density at radius 3 is 3.23 bits per heavy atom. The van der Waals surface area contributed by atoms with Crippen molar-refractivity contribution in [2.24, 2.45) is 0 Å². The van der Waals surface area contributed by atoms with Gasteiger partial charge in [-0.15, -0.1) is 0 Å². The van der Waals surface area contributed by atoms with E-state index in [0.717, 1.165) is 0 Å². The van der Waals surface area contributed by atoms with Crippen molar-refractivity contribution >= 4 is 11.8 Å². The fourth-order valence-corrected chi connectivity index (χ4v) is 0.581. The monoisotopic (exact) mass is 187 g/mol. The summed E-state index contributed by atoms with van der Waals surface area (Å²) in [5.41, 5.74) is 2.03. The van der Waals surface area contributed by atoms with E-state index in [0.29, 0.717) is 0 Å². The van der Waals surface area contributed by atoms with E-state index >= 15 is 0 Å². The molecule has 0 radical (unpaired) electrons. The number of nitrogens with zero attached hydrogens (tertiary/aromatic N) is 1. The van der Waals surface area contributed by atoms with E-state index in [1.165, 1.54) is 12.3 Å². The lowest BCUT2D eigenvalue weighted by Gasteiger charge is -2.03. The van der Waals surface area contributed by atoms with Crippen LogP contribution in [-0.4, -0.2) is 29.5 Å². The molecule has 0 unspecified atom stereocenters. The van der Waals surface area contributed by atoms with Crippen LogP contribution >= 0.6 is 0 Å². The van der Waals surface area contributed by atoms with E-state index in [9.17, 15) is 4.79 Å². The van der Waals surface area contributed by atoms with Crippen LogP contribution in [0.5, 0.6) is 0 Å². The molecular weight excluding hydrogens is 178 g/mol. The SMILES string of the molecule is O=C(NOCCO)Nc1ccon1. The molecule has 7 nitrogen and oxygen atoms in total. The van der Waals surface area contributed by atoms with Crippen LogP contribution in [0.25, 0.3) is 0 Å². The number of aliphatic hydroxyl groups excluding tert-OH is 1. The van der Waals surface area contributed by atoms with Crippen molar-refractivity contribution in [1.82, 2.24) is 10.6 Å². The van der Waals surface area contributed by atoms with E-state index in [4.69, 9.17) is 5.11 Å². The molecule has 2 amide bonds. The largest absolute Gasteiger partial charge is 0.394 e. The van der Waals surface area contributed by atoms with E-state index < -0.39 is 6.03 Å². The van der Waals surface area contributed by atoms with Gasteiger partial charge >= 0.3 is 6.03 Å². The number of anilines is 1. The smallest absolute Gasteiger partial charge is 0.344 e. The highest BCUT2D eigenvalue weighted by Crippen LogP contribution is 1.99. The molecule has 1 rings (SSSR count). The minimum atomic E-state index is -0.581. The molecule has 7 heteroatoms. The molecule has 72 valence electrons. The molecule has 3 N–H and O–H groups in total. The molecule has 1 aromatic rings. The van der Waals surface area contributed by atoms with Crippen molar-refractivity contribution in [3.8, 4) is 0 Å². The number of hydrogen-bond acceptors (Lipinski definition) is 5. The van der Waals surface area contributed by atoms with Crippen LogP contribution in [-0.2, 0) is 4.84 Å². The Labute approximate surface area is 73.6 Å². The predicted molar refractivity (Wildman–Crippen MR) is 41.7 cm³/mol. The first-order valence-electron chi connectivity index (χ1n) is 3.53. The standard InChI is InChI=1S/C6H9N3O4/c10-2-4-13-9-6(11)7-5-1-3-12-8-5/h1,3,10H,2,4H2,(H2,7,8,9,11). The Hall–Kier alpha value is -1.60. The molecule has 0 aliphatic carbocycles. The van der Waals surface area contributed by atoms with Crippen molar-refractivity contribution in [3.05, 3.63) is 12.3 Å². The van der Waals surface area contributed by atoms with Gasteiger partial charge in [-0.1, -0.05) is 5.16 Å². The summed E-state index contributed by atoms with van der Waals surface area (Å²) in [4.78, 5) is 15.4. The fraction of sp³-hybridized carbons (Fsp3) is 0.333. The molecule has 1 aromatic heterocycles. The number of rotatable bonds is 4. The lowest BCUT2D eigenvalue weighted by Crippen LogP contribution is -2.29. The van der Waals surface area contributed by atoms with Crippen molar-refractivity contribution < 1.29 is 19.3 Å². The highest BCUT2D eigenvalue weighted by molar-refractivity contribution is 5.87. The molecule has 0 spiro atoms. The van der Waals surface area contributed by atoms with Gasteiger partial charge in [0.05, 0.1) is 13.2 Å². The van der Waals surface area contributed by atoms with E-state index in [-0.39, 0.29) is 19.0 Å². The van der Waals surface area contributed by atoms with Gasteiger partial charge in [0.2, 0.25) is 0 Å². The molecule has 0 bridgehead atoms. The van der Waals surface area contributed by atoms with E-state index in [1.807, 2.05) is 5.48 Å². The Morgan fingerprint density at radius 1 is 1.77 bits per heavy atom. The van der Waals surface area contributed by atoms with Gasteiger partial charge in [0.15, 0.2) is 5.82 Å². The summed E-state index contributed by atoms with van der Waals surface area (Å²) >= 11 is 0. The molecule has 0 aromatic carbocycles. The van der Waals surface area contributed by atoms with Gasteiger partial charge in [0.25, 0.3) is 0 Å². The third kappa shape index (κ3) is 3.54. The lowest BCUT2D eigenvalue weighted by molar-refractivity contribution is 0.0400. The van der Waals surface area contributed by atoms with Crippen LogP contribution in [0.2, 0.25) is 0 Å². The summed E-state index contributed by atoms with van der Waals surface area (Å²) in [5.74, 6) is 0.282. The number of aromatic nitrogens is 1. The summed E-state index contributed by atoms with van der Waals surface area (Å²) in [6, 6.07) is 0.897. The predicted octanol–water partition coefficient (Wildman–Crippen LogP) is -0.280. The number of urea groups is 1. The maximum atomic E-state index is 10.9. The van der Waals surface area contributed by atoms with Crippen LogP contribution in [0.4, 0.5) is 10.6 Å². The first-order valence-corrected chi connectivity index (χ1v) is 3.53. The summed E-state index contributed by atoms with van der Waals surface area (Å²) in [6.45, 7) is -0.128. The number of carbonyl (C=O) groups is 1. The molecule has 0 aliphatic rings. The molecule has 0 aliphatic heterocycles. The maximum absolute atomic E-state index is 10.9. The lowest BCUT2D eigenvalue weighted by atomic mass is 10.6. The number of amides is 2. The number of aliphatic hydroxyl groups is 1. The van der Waals surface area contributed by atoms with Crippen LogP contribution < -0.4 is 10.8 Å². The number of hydrogen-bond donors (Lipinski definition) is 3. The molecular formula is C6H9N3O4. The van der Waals surface area contributed by atoms with Crippen LogP contribution in [0.3, 0.4) is 0 Å². The quantitative estimate of drug-likeness (QED) is 0.445. The summed E-state index contributed by atoms with van der Waals surface area (Å²) in [6.07, 6.45) is 1.32.